The summed E-state index contributed by atoms with van der Waals surface area (Å²) in [6.45, 7) is 1.77. The number of carbonyl (C=O) groups excluding carboxylic acids is 1. The Balaban J connectivity index is 2.47. The molecular formula is C10H9NO2. The predicted molar refractivity (Wildman–Crippen MR) is 49.1 cm³/mol. The van der Waals surface area contributed by atoms with Crippen LogP contribution in [-0.2, 0) is 9.63 Å². The fraction of sp³-hybridized carbons (Fsp3) is 0.200. The molecule has 0 aromatic carbocycles. The van der Waals surface area contributed by atoms with Gasteiger partial charge in [-0.15, -0.1) is 0 Å². The van der Waals surface area contributed by atoms with Gasteiger partial charge in [-0.3, -0.25) is 0 Å². The molecular weight excluding hydrogens is 166 g/mol. The lowest BCUT2D eigenvalue weighted by atomic mass is 10.0. The maximum absolute atomic E-state index is 11.2. The molecule has 66 valence electrons. The molecule has 0 N–H and O–H groups in total. The standard InChI is InChI=1S/C10H9NO2/c1-7-9(10(12)13-11-7)8-5-3-2-4-6-8/h3-6H,2H2,1H3. The highest BCUT2D eigenvalue weighted by Gasteiger charge is 2.24. The minimum Gasteiger partial charge on any atom is -0.312 e. The van der Waals surface area contributed by atoms with Crippen molar-refractivity contribution in [2.24, 2.45) is 5.16 Å². The molecule has 0 saturated carbocycles. The van der Waals surface area contributed by atoms with Gasteiger partial charge in [0, 0.05) is 0 Å². The van der Waals surface area contributed by atoms with Crippen LogP contribution < -0.4 is 0 Å². The molecule has 3 heteroatoms. The summed E-state index contributed by atoms with van der Waals surface area (Å²) in [6, 6.07) is 0. The smallest absolute Gasteiger partial charge is 0.312 e. The van der Waals surface area contributed by atoms with Crippen molar-refractivity contribution in [3.8, 4) is 0 Å². The first-order chi connectivity index (χ1) is 6.29. The number of rotatable bonds is 0. The molecule has 0 amide bonds. The van der Waals surface area contributed by atoms with E-state index in [0.717, 1.165) is 12.0 Å². The van der Waals surface area contributed by atoms with Gasteiger partial charge in [-0.05, 0) is 18.9 Å². The normalized spacial score (nSPS) is 20.7. The highest BCUT2D eigenvalue weighted by atomic mass is 16.7. The molecule has 1 heterocycles. The summed E-state index contributed by atoms with van der Waals surface area (Å²) in [5.74, 6) is -0.358. The molecule has 0 unspecified atom stereocenters. The number of hydrogen-bond acceptors (Lipinski definition) is 3. The zero-order valence-electron chi connectivity index (χ0n) is 7.28. The molecule has 0 aromatic rings. The summed E-state index contributed by atoms with van der Waals surface area (Å²) >= 11 is 0. The topological polar surface area (TPSA) is 38.7 Å². The number of nitrogens with zero attached hydrogens (tertiary/aromatic N) is 1. The van der Waals surface area contributed by atoms with Gasteiger partial charge in [0.25, 0.3) is 0 Å². The molecule has 3 nitrogen and oxygen atoms in total. The second-order valence-corrected chi connectivity index (χ2v) is 2.93. The third-order valence-corrected chi connectivity index (χ3v) is 1.99. The summed E-state index contributed by atoms with van der Waals surface area (Å²) in [7, 11) is 0. The summed E-state index contributed by atoms with van der Waals surface area (Å²) in [6.07, 6.45) is 8.76. The molecule has 2 rings (SSSR count). The Morgan fingerprint density at radius 3 is 2.62 bits per heavy atom. The molecule has 0 fully saturated rings. The van der Waals surface area contributed by atoms with Crippen molar-refractivity contribution in [3.05, 3.63) is 35.5 Å². The Morgan fingerprint density at radius 1 is 1.38 bits per heavy atom. The largest absolute Gasteiger partial charge is 0.368 e. The van der Waals surface area contributed by atoms with Crippen LogP contribution >= 0.6 is 0 Å². The van der Waals surface area contributed by atoms with Crippen LogP contribution in [0.3, 0.4) is 0 Å². The van der Waals surface area contributed by atoms with Crippen LogP contribution in [0, 0.1) is 0 Å². The van der Waals surface area contributed by atoms with E-state index in [1.165, 1.54) is 0 Å². The van der Waals surface area contributed by atoms with E-state index in [0.29, 0.717) is 11.3 Å². The van der Waals surface area contributed by atoms with Crippen LogP contribution in [0.5, 0.6) is 0 Å². The number of hydrogen-bond donors (Lipinski definition) is 0. The van der Waals surface area contributed by atoms with Crippen LogP contribution in [0.1, 0.15) is 13.3 Å². The molecule has 1 aliphatic heterocycles. The summed E-state index contributed by atoms with van der Waals surface area (Å²) in [5, 5.41) is 3.62. The molecule has 0 radical (unpaired) electrons. The first kappa shape index (κ1) is 7.98. The molecule has 2 aliphatic rings. The van der Waals surface area contributed by atoms with Crippen LogP contribution in [0.15, 0.2) is 40.6 Å². The van der Waals surface area contributed by atoms with E-state index in [4.69, 9.17) is 0 Å². The van der Waals surface area contributed by atoms with Crippen molar-refractivity contribution < 1.29 is 9.63 Å². The van der Waals surface area contributed by atoms with E-state index in [1.54, 1.807) is 6.92 Å². The number of oxime groups is 1. The maximum Gasteiger partial charge on any atom is 0.368 e. The average Bonchev–Trinajstić information content (AvgIpc) is 2.48. The van der Waals surface area contributed by atoms with Crippen LogP contribution in [0.4, 0.5) is 0 Å². The summed E-state index contributed by atoms with van der Waals surface area (Å²) in [5.41, 5.74) is 2.11. The minimum absolute atomic E-state index is 0.358. The van der Waals surface area contributed by atoms with Crippen molar-refractivity contribution >= 4 is 11.7 Å². The Morgan fingerprint density at radius 2 is 2.08 bits per heavy atom. The monoisotopic (exact) mass is 175 g/mol. The highest BCUT2D eigenvalue weighted by molar-refractivity contribution is 6.22. The van der Waals surface area contributed by atoms with Gasteiger partial charge in [0.1, 0.15) is 0 Å². The first-order valence-corrected chi connectivity index (χ1v) is 4.12. The van der Waals surface area contributed by atoms with Gasteiger partial charge in [0.2, 0.25) is 0 Å². The second kappa shape index (κ2) is 3.01. The lowest BCUT2D eigenvalue weighted by Gasteiger charge is -2.02. The Kier molecular flexibility index (Phi) is 1.85. The van der Waals surface area contributed by atoms with Gasteiger partial charge in [-0.1, -0.05) is 29.5 Å². The molecule has 1 aliphatic carbocycles. The quantitative estimate of drug-likeness (QED) is 0.415. The van der Waals surface area contributed by atoms with Crippen LogP contribution in [0.2, 0.25) is 0 Å². The van der Waals surface area contributed by atoms with E-state index in [1.807, 2.05) is 24.3 Å². The SMILES string of the molecule is CC1=NOC(=O)C1=C1C=CCC=C1. The van der Waals surface area contributed by atoms with Crippen molar-refractivity contribution in [2.75, 3.05) is 0 Å². The van der Waals surface area contributed by atoms with Crippen molar-refractivity contribution in [2.45, 2.75) is 13.3 Å². The van der Waals surface area contributed by atoms with Gasteiger partial charge < -0.3 is 4.84 Å². The summed E-state index contributed by atoms with van der Waals surface area (Å²) < 4.78 is 0. The number of carbonyl (C=O) groups is 1. The van der Waals surface area contributed by atoms with Crippen LogP contribution in [0.25, 0.3) is 0 Å². The lowest BCUT2D eigenvalue weighted by molar-refractivity contribution is -0.136. The maximum atomic E-state index is 11.2. The van der Waals surface area contributed by atoms with Crippen LogP contribution in [-0.4, -0.2) is 11.7 Å². The van der Waals surface area contributed by atoms with Crippen molar-refractivity contribution in [1.29, 1.82) is 0 Å². The number of allylic oxidation sites excluding steroid dienone is 5. The van der Waals surface area contributed by atoms with E-state index < -0.39 is 0 Å². The van der Waals surface area contributed by atoms with Gasteiger partial charge in [0.05, 0.1) is 11.3 Å². The predicted octanol–water partition coefficient (Wildman–Crippen LogP) is 1.73. The van der Waals surface area contributed by atoms with E-state index >= 15 is 0 Å². The zero-order chi connectivity index (χ0) is 9.26. The zero-order valence-corrected chi connectivity index (χ0v) is 7.28. The van der Waals surface area contributed by atoms with E-state index in [2.05, 4.69) is 9.99 Å². The molecule has 13 heavy (non-hydrogen) atoms. The van der Waals surface area contributed by atoms with Gasteiger partial charge in [0.15, 0.2) is 0 Å². The van der Waals surface area contributed by atoms with Crippen molar-refractivity contribution in [1.82, 2.24) is 0 Å². The first-order valence-electron chi connectivity index (χ1n) is 4.12. The van der Waals surface area contributed by atoms with Gasteiger partial charge in [-0.25, -0.2) is 4.79 Å². The molecule has 0 aromatic heterocycles. The molecule has 0 saturated heterocycles. The fourth-order valence-electron chi connectivity index (χ4n) is 1.37. The summed E-state index contributed by atoms with van der Waals surface area (Å²) in [4.78, 5) is 15.8. The second-order valence-electron chi connectivity index (χ2n) is 2.93. The van der Waals surface area contributed by atoms with Gasteiger partial charge >= 0.3 is 5.97 Å². The highest BCUT2D eigenvalue weighted by Crippen LogP contribution is 2.19. The third kappa shape index (κ3) is 1.33. The average molecular weight is 175 g/mol. The lowest BCUT2D eigenvalue weighted by Crippen LogP contribution is -2.05. The fourth-order valence-corrected chi connectivity index (χ4v) is 1.37. The van der Waals surface area contributed by atoms with E-state index in [-0.39, 0.29) is 5.97 Å². The molecule has 0 atom stereocenters. The van der Waals surface area contributed by atoms with Gasteiger partial charge in [-0.2, -0.15) is 0 Å². The third-order valence-electron chi connectivity index (χ3n) is 1.99. The van der Waals surface area contributed by atoms with Crippen molar-refractivity contribution in [3.63, 3.8) is 0 Å². The van der Waals surface area contributed by atoms with E-state index in [9.17, 15) is 4.79 Å². The molecule has 0 spiro atoms. The Hall–Kier alpha value is -1.64. The molecule has 0 bridgehead atoms. The Labute approximate surface area is 76.1 Å². The minimum atomic E-state index is -0.358. The Bertz CT molecular complexity index is 358.